The zero-order valence-electron chi connectivity index (χ0n) is 32.0. The van der Waals surface area contributed by atoms with E-state index in [1.807, 2.05) is 48.5 Å². The maximum Gasteiger partial charge on any atom is 0.169 e. The van der Waals surface area contributed by atoms with Gasteiger partial charge in [-0.15, -0.1) is 0 Å². The quantitative estimate of drug-likeness (QED) is 0.0604. The molecule has 10 rings (SSSR count). The minimum absolute atomic E-state index is 0.0214. The first-order valence-corrected chi connectivity index (χ1v) is 19.3. The van der Waals surface area contributed by atoms with Gasteiger partial charge >= 0.3 is 0 Å². The largest absolute Gasteiger partial charge is 0.507 e. The molecule has 1 aliphatic carbocycles. The molecule has 1 aliphatic rings. The molecule has 9 aromatic carbocycles. The number of aromatic hydroxyl groups is 6. The fourth-order valence-electron chi connectivity index (χ4n) is 9.41. The molecule has 6 heteroatoms. The Labute approximate surface area is 334 Å². The van der Waals surface area contributed by atoms with Crippen molar-refractivity contribution in [3.8, 4) is 90.1 Å². The van der Waals surface area contributed by atoms with E-state index in [-0.39, 0.29) is 45.8 Å². The van der Waals surface area contributed by atoms with Crippen molar-refractivity contribution in [2.45, 2.75) is 27.2 Å². The van der Waals surface area contributed by atoms with Crippen molar-refractivity contribution >= 4 is 32.3 Å². The number of fused-ring (bicyclic) bond motifs is 7. The molecular weight excluding hydrogens is 721 g/mol. The van der Waals surface area contributed by atoms with Gasteiger partial charge in [-0.1, -0.05) is 121 Å². The predicted octanol–water partition coefficient (Wildman–Crippen LogP) is 12.5. The third kappa shape index (κ3) is 4.78. The standard InChI is InChI=1S/C52H38O6/c1-26-37-25-39-44(43(37)45-46(47(26)53)52(58)50(56)28(3)49(45)55)48(54)27(2)40(51(39)57)42-35-20-12-10-18-33(35)41(34-19-11-13-21-36(34)42)38-24-31(29-14-6-4-7-15-29)22-23-32(38)30-16-8-5-9-17-30/h4-24,53-58H,25H2,1-3H3. The van der Waals surface area contributed by atoms with E-state index in [9.17, 15) is 30.6 Å². The second-order valence-electron chi connectivity index (χ2n) is 15.3. The molecule has 9 aromatic rings. The third-order valence-electron chi connectivity index (χ3n) is 12.3. The van der Waals surface area contributed by atoms with Crippen molar-refractivity contribution in [1.29, 1.82) is 0 Å². The van der Waals surface area contributed by atoms with Crippen molar-refractivity contribution in [3.63, 3.8) is 0 Å². The lowest BCUT2D eigenvalue weighted by atomic mass is 9.81. The van der Waals surface area contributed by atoms with E-state index in [0.29, 0.717) is 38.9 Å². The van der Waals surface area contributed by atoms with Crippen molar-refractivity contribution in [3.05, 3.63) is 155 Å². The zero-order valence-corrected chi connectivity index (χ0v) is 32.0. The monoisotopic (exact) mass is 758 g/mol. The lowest BCUT2D eigenvalue weighted by molar-refractivity contribution is 0.395. The zero-order chi connectivity index (χ0) is 40.1. The van der Waals surface area contributed by atoms with Crippen LogP contribution >= 0.6 is 0 Å². The topological polar surface area (TPSA) is 121 Å². The molecule has 0 amide bonds. The number of phenols is 6. The normalized spacial score (nSPS) is 12.1. The van der Waals surface area contributed by atoms with E-state index in [4.69, 9.17) is 0 Å². The van der Waals surface area contributed by atoms with Crippen molar-refractivity contribution in [1.82, 2.24) is 0 Å². The molecule has 6 nitrogen and oxygen atoms in total. The fourth-order valence-corrected chi connectivity index (χ4v) is 9.41. The predicted molar refractivity (Wildman–Crippen MR) is 233 cm³/mol. The number of rotatable bonds is 4. The fraction of sp³-hybridized carbons (Fsp3) is 0.0769. The number of hydrogen-bond acceptors (Lipinski definition) is 6. The van der Waals surface area contributed by atoms with Gasteiger partial charge in [0.1, 0.15) is 23.0 Å². The molecule has 0 radical (unpaired) electrons. The van der Waals surface area contributed by atoms with E-state index in [0.717, 1.165) is 60.5 Å². The van der Waals surface area contributed by atoms with Crippen molar-refractivity contribution < 1.29 is 30.6 Å². The molecule has 0 spiro atoms. The summed E-state index contributed by atoms with van der Waals surface area (Å²) < 4.78 is 0. The van der Waals surface area contributed by atoms with Crippen LogP contribution in [0.3, 0.4) is 0 Å². The van der Waals surface area contributed by atoms with Gasteiger partial charge in [-0.2, -0.15) is 0 Å². The van der Waals surface area contributed by atoms with Crippen LogP contribution in [-0.2, 0) is 6.42 Å². The average molecular weight is 759 g/mol. The summed E-state index contributed by atoms with van der Waals surface area (Å²) in [6.07, 6.45) is 0.146. The molecule has 0 aromatic heterocycles. The van der Waals surface area contributed by atoms with Gasteiger partial charge < -0.3 is 30.6 Å². The molecule has 282 valence electrons. The molecule has 0 bridgehead atoms. The summed E-state index contributed by atoms with van der Waals surface area (Å²) in [5, 5.41) is 73.2. The second kappa shape index (κ2) is 12.8. The van der Waals surface area contributed by atoms with Crippen LogP contribution in [0.4, 0.5) is 0 Å². The highest BCUT2D eigenvalue weighted by Crippen LogP contribution is 2.61. The maximum absolute atomic E-state index is 12.6. The van der Waals surface area contributed by atoms with Gasteiger partial charge in [0.05, 0.1) is 5.39 Å². The highest BCUT2D eigenvalue weighted by atomic mass is 16.3. The molecule has 0 heterocycles. The summed E-state index contributed by atoms with van der Waals surface area (Å²) in [4.78, 5) is 0. The van der Waals surface area contributed by atoms with Crippen LogP contribution in [-0.4, -0.2) is 30.6 Å². The molecule has 58 heavy (non-hydrogen) atoms. The van der Waals surface area contributed by atoms with Crippen LogP contribution in [0.5, 0.6) is 34.5 Å². The van der Waals surface area contributed by atoms with Crippen LogP contribution in [0, 0.1) is 20.8 Å². The van der Waals surface area contributed by atoms with Gasteiger partial charge in [-0.25, -0.2) is 0 Å². The van der Waals surface area contributed by atoms with Gasteiger partial charge in [0, 0.05) is 50.8 Å². The van der Waals surface area contributed by atoms with Crippen LogP contribution in [0.15, 0.2) is 127 Å². The van der Waals surface area contributed by atoms with Gasteiger partial charge in [0.25, 0.3) is 0 Å². The van der Waals surface area contributed by atoms with Gasteiger partial charge in [0.2, 0.25) is 0 Å². The Morgan fingerprint density at radius 2 is 0.862 bits per heavy atom. The van der Waals surface area contributed by atoms with Crippen LogP contribution in [0.1, 0.15) is 27.8 Å². The summed E-state index contributed by atoms with van der Waals surface area (Å²) in [6, 6.07) is 43.7. The van der Waals surface area contributed by atoms with Crippen LogP contribution < -0.4 is 0 Å². The smallest absolute Gasteiger partial charge is 0.169 e. The van der Waals surface area contributed by atoms with E-state index >= 15 is 0 Å². The summed E-state index contributed by atoms with van der Waals surface area (Å²) in [5.74, 6) is -1.84. The average Bonchev–Trinajstić information content (AvgIpc) is 3.67. The van der Waals surface area contributed by atoms with E-state index < -0.39 is 11.5 Å². The van der Waals surface area contributed by atoms with Gasteiger partial charge in [-0.3, -0.25) is 0 Å². The van der Waals surface area contributed by atoms with Gasteiger partial charge in [0.15, 0.2) is 11.5 Å². The molecule has 0 saturated heterocycles. The Morgan fingerprint density at radius 3 is 1.47 bits per heavy atom. The van der Waals surface area contributed by atoms with E-state index in [1.54, 1.807) is 13.8 Å². The Balaban J connectivity index is 1.30. The molecule has 0 saturated carbocycles. The Hall–Kier alpha value is -7.44. The summed E-state index contributed by atoms with van der Waals surface area (Å²) in [5.41, 5.74) is 10.3. The lowest BCUT2D eigenvalue weighted by Crippen LogP contribution is -1.97. The third-order valence-corrected chi connectivity index (χ3v) is 12.3. The highest BCUT2D eigenvalue weighted by Gasteiger charge is 2.36. The first-order valence-electron chi connectivity index (χ1n) is 19.3. The number of hydrogen-bond donors (Lipinski definition) is 6. The first-order chi connectivity index (χ1) is 28.1. The summed E-state index contributed by atoms with van der Waals surface area (Å²) in [6.45, 7) is 4.93. The Morgan fingerprint density at radius 1 is 0.328 bits per heavy atom. The summed E-state index contributed by atoms with van der Waals surface area (Å²) in [7, 11) is 0. The maximum atomic E-state index is 12.6. The Bertz CT molecular complexity index is 3160. The van der Waals surface area contributed by atoms with Crippen molar-refractivity contribution in [2.75, 3.05) is 0 Å². The SMILES string of the molecule is Cc1c(O)c2c(c(O)c1-c1c3ccccc3c(-c3cc(-c4ccccc4)ccc3-c3ccccc3)c3ccccc13)Cc1c(C)c(O)c3c(O)c(O)c(C)c(O)c3c1-2. The van der Waals surface area contributed by atoms with E-state index in [1.165, 1.54) is 6.92 Å². The molecule has 6 N–H and O–H groups in total. The van der Waals surface area contributed by atoms with Crippen molar-refractivity contribution in [2.24, 2.45) is 0 Å². The second-order valence-corrected chi connectivity index (χ2v) is 15.3. The number of benzene rings is 9. The molecule has 0 unspecified atom stereocenters. The molecular formula is C52H38O6. The highest BCUT2D eigenvalue weighted by molar-refractivity contribution is 6.24. The van der Waals surface area contributed by atoms with Crippen LogP contribution in [0.25, 0.3) is 88.0 Å². The van der Waals surface area contributed by atoms with Gasteiger partial charge in [-0.05, 0) is 92.9 Å². The van der Waals surface area contributed by atoms with E-state index in [2.05, 4.69) is 78.9 Å². The molecule has 0 atom stereocenters. The number of phenolic OH excluding ortho intramolecular Hbond substituents is 6. The minimum atomic E-state index is -0.568. The summed E-state index contributed by atoms with van der Waals surface area (Å²) >= 11 is 0. The minimum Gasteiger partial charge on any atom is -0.507 e. The van der Waals surface area contributed by atoms with Crippen LogP contribution in [0.2, 0.25) is 0 Å². The first kappa shape index (κ1) is 35.0. The Kier molecular flexibility index (Phi) is 7.72. The molecule has 0 fully saturated rings. The lowest BCUT2D eigenvalue weighted by Gasteiger charge is -2.23. The molecule has 0 aliphatic heterocycles.